The fourth-order valence-corrected chi connectivity index (χ4v) is 5.76. The predicted molar refractivity (Wildman–Crippen MR) is 133 cm³/mol. The van der Waals surface area contributed by atoms with Gasteiger partial charge in [-0.1, -0.05) is 54.1 Å². The van der Waals surface area contributed by atoms with Crippen molar-refractivity contribution in [3.05, 3.63) is 58.5 Å². The summed E-state index contributed by atoms with van der Waals surface area (Å²) >= 11 is 8.11. The second-order valence-electron chi connectivity index (χ2n) is 8.43. The van der Waals surface area contributed by atoms with Crippen molar-refractivity contribution in [1.29, 1.82) is 0 Å². The quantitative estimate of drug-likeness (QED) is 0.142. The molecule has 1 aliphatic carbocycles. The van der Waals surface area contributed by atoms with E-state index in [0.717, 1.165) is 20.0 Å². The van der Waals surface area contributed by atoms with Gasteiger partial charge in [0.25, 0.3) is 0 Å². The second-order valence-corrected chi connectivity index (χ2v) is 9.95. The molecule has 2 aromatic rings. The van der Waals surface area contributed by atoms with Gasteiger partial charge in [-0.25, -0.2) is 0 Å². The first-order valence-electron chi connectivity index (χ1n) is 11.4. The van der Waals surface area contributed by atoms with E-state index < -0.39 is 18.2 Å². The summed E-state index contributed by atoms with van der Waals surface area (Å²) in [6.07, 6.45) is 8.79. The molecule has 1 aromatic carbocycles. The van der Waals surface area contributed by atoms with Gasteiger partial charge >= 0.3 is 12.4 Å². The molecule has 1 aromatic heterocycles. The first kappa shape index (κ1) is 26.3. The van der Waals surface area contributed by atoms with Crippen molar-refractivity contribution in [3.63, 3.8) is 0 Å². The highest BCUT2D eigenvalue weighted by Crippen LogP contribution is 2.36. The van der Waals surface area contributed by atoms with E-state index in [1.54, 1.807) is 23.5 Å². The van der Waals surface area contributed by atoms with Crippen molar-refractivity contribution in [2.75, 3.05) is 0 Å². The SMILES string of the molecule is O=COC(=O)CCCC=CC[C@H]1C(=O)C[C@@H](O)[C@@H]1C=CC(O)CCc1sc2ccccc2c1Cl. The summed E-state index contributed by atoms with van der Waals surface area (Å²) in [5, 5.41) is 22.6. The predicted octanol–water partition coefficient (Wildman–Crippen LogP) is 4.79. The maximum absolute atomic E-state index is 12.4. The molecule has 0 bridgehead atoms. The second kappa shape index (κ2) is 13.0. The minimum absolute atomic E-state index is 0.00732. The Kier molecular flexibility index (Phi) is 10.0. The third-order valence-electron chi connectivity index (χ3n) is 6.04. The molecule has 1 fully saturated rings. The number of esters is 1. The number of aryl methyl sites for hydroxylation is 1. The minimum atomic E-state index is -0.760. The molecule has 0 spiro atoms. The van der Waals surface area contributed by atoms with Crippen LogP contribution in [-0.4, -0.2) is 40.6 Å². The van der Waals surface area contributed by atoms with Gasteiger partial charge < -0.3 is 14.9 Å². The number of allylic oxidation sites excluding steroid dienone is 2. The Labute approximate surface area is 207 Å². The summed E-state index contributed by atoms with van der Waals surface area (Å²) < 4.78 is 5.35. The number of carbonyl (C=O) groups is 3. The van der Waals surface area contributed by atoms with Crippen LogP contribution in [0.2, 0.25) is 5.02 Å². The van der Waals surface area contributed by atoms with Crippen LogP contribution in [0.15, 0.2) is 48.6 Å². The number of aliphatic hydroxyl groups is 2. The number of carbonyl (C=O) groups excluding carboxylic acids is 3. The van der Waals surface area contributed by atoms with E-state index in [0.29, 0.717) is 32.1 Å². The smallest absolute Gasteiger partial charge is 0.313 e. The molecule has 1 heterocycles. The van der Waals surface area contributed by atoms with Crippen LogP contribution in [0.3, 0.4) is 0 Å². The molecule has 182 valence electrons. The van der Waals surface area contributed by atoms with Crippen LogP contribution in [0.4, 0.5) is 0 Å². The monoisotopic (exact) mass is 504 g/mol. The maximum atomic E-state index is 12.4. The number of halogens is 1. The largest absolute Gasteiger partial charge is 0.395 e. The fraction of sp³-hybridized carbons (Fsp3) is 0.423. The first-order valence-corrected chi connectivity index (χ1v) is 12.6. The number of thiophene rings is 1. The summed E-state index contributed by atoms with van der Waals surface area (Å²) in [6.45, 7) is 0.124. The maximum Gasteiger partial charge on any atom is 0.313 e. The van der Waals surface area contributed by atoms with Crippen molar-refractivity contribution in [3.8, 4) is 0 Å². The van der Waals surface area contributed by atoms with Crippen LogP contribution in [0.5, 0.6) is 0 Å². The van der Waals surface area contributed by atoms with E-state index in [9.17, 15) is 24.6 Å². The number of fused-ring (bicyclic) bond motifs is 1. The zero-order chi connectivity index (χ0) is 24.5. The van der Waals surface area contributed by atoms with Gasteiger partial charge in [-0.3, -0.25) is 14.4 Å². The lowest BCUT2D eigenvalue weighted by Gasteiger charge is -2.16. The molecular formula is C26H29ClO6S. The molecule has 0 aliphatic heterocycles. The molecule has 1 saturated carbocycles. The van der Waals surface area contributed by atoms with Crippen molar-refractivity contribution in [2.24, 2.45) is 11.8 Å². The lowest BCUT2D eigenvalue weighted by molar-refractivity contribution is -0.151. The Morgan fingerprint density at radius 3 is 2.85 bits per heavy atom. The van der Waals surface area contributed by atoms with Gasteiger partial charge in [0.05, 0.1) is 17.2 Å². The zero-order valence-corrected chi connectivity index (χ0v) is 20.3. The number of ether oxygens (including phenoxy) is 1. The minimum Gasteiger partial charge on any atom is -0.395 e. The van der Waals surface area contributed by atoms with E-state index in [1.165, 1.54) is 0 Å². The first-order chi connectivity index (χ1) is 16.4. The molecule has 4 atom stereocenters. The molecule has 0 saturated heterocycles. The Balaban J connectivity index is 1.49. The van der Waals surface area contributed by atoms with E-state index in [4.69, 9.17) is 11.6 Å². The summed E-state index contributed by atoms with van der Waals surface area (Å²) in [6, 6.07) is 7.94. The van der Waals surface area contributed by atoms with Gasteiger partial charge in [0.1, 0.15) is 5.78 Å². The highest BCUT2D eigenvalue weighted by molar-refractivity contribution is 7.19. The van der Waals surface area contributed by atoms with Gasteiger partial charge in [-0.15, -0.1) is 11.3 Å². The van der Waals surface area contributed by atoms with Crippen LogP contribution in [-0.2, 0) is 25.5 Å². The third-order valence-corrected chi connectivity index (χ3v) is 7.82. The molecule has 1 unspecified atom stereocenters. The standard InChI is InChI=1S/C26H29ClO6S/c27-26-20-8-5-6-9-23(20)34-24(26)14-12-17(29)11-13-19-18(21(30)15-22(19)31)7-3-1-2-4-10-25(32)33-16-28/h1,3,5-6,8-9,11,13,16-19,22,29,31H,2,4,7,10,12,14-15H2/t17?,18-,19-,22-/m1/s1. The van der Waals surface area contributed by atoms with Crippen molar-refractivity contribution in [1.82, 2.24) is 0 Å². The Morgan fingerprint density at radius 2 is 2.09 bits per heavy atom. The average molecular weight is 505 g/mol. The van der Waals surface area contributed by atoms with Crippen molar-refractivity contribution in [2.45, 2.75) is 57.2 Å². The molecule has 1 aliphatic rings. The summed E-state index contributed by atoms with van der Waals surface area (Å²) in [7, 11) is 0. The molecule has 0 radical (unpaired) electrons. The number of hydrogen-bond acceptors (Lipinski definition) is 7. The molecule has 2 N–H and O–H groups in total. The van der Waals surface area contributed by atoms with Crippen molar-refractivity contribution < 1.29 is 29.3 Å². The number of Topliss-reactive ketones (excluding diaryl/α,β-unsaturated/α-hetero) is 1. The fourth-order valence-electron chi connectivity index (χ4n) is 4.22. The average Bonchev–Trinajstić information content (AvgIpc) is 3.28. The number of unbranched alkanes of at least 4 members (excludes halogenated alkanes) is 1. The molecular weight excluding hydrogens is 476 g/mol. The lowest BCUT2D eigenvalue weighted by atomic mass is 9.90. The van der Waals surface area contributed by atoms with Crippen LogP contribution in [0, 0.1) is 11.8 Å². The molecule has 6 nitrogen and oxygen atoms in total. The summed E-state index contributed by atoms with van der Waals surface area (Å²) in [5.74, 6) is -1.24. The number of aliphatic hydroxyl groups excluding tert-OH is 2. The van der Waals surface area contributed by atoms with Gasteiger partial charge in [0, 0.05) is 39.6 Å². The van der Waals surface area contributed by atoms with Crippen LogP contribution in [0.1, 0.15) is 43.4 Å². The molecule has 3 rings (SSSR count). The number of rotatable bonds is 12. The molecule has 34 heavy (non-hydrogen) atoms. The topological polar surface area (TPSA) is 101 Å². The highest BCUT2D eigenvalue weighted by atomic mass is 35.5. The van der Waals surface area contributed by atoms with E-state index in [-0.39, 0.29) is 36.9 Å². The Bertz CT molecular complexity index is 1060. The molecule has 8 heteroatoms. The van der Waals surface area contributed by atoms with Gasteiger partial charge in [0.2, 0.25) is 0 Å². The number of benzene rings is 1. The Morgan fingerprint density at radius 1 is 1.29 bits per heavy atom. The lowest BCUT2D eigenvalue weighted by Crippen LogP contribution is -2.19. The van der Waals surface area contributed by atoms with Crippen LogP contribution < -0.4 is 0 Å². The zero-order valence-electron chi connectivity index (χ0n) is 18.8. The number of hydrogen-bond donors (Lipinski definition) is 2. The van der Waals surface area contributed by atoms with E-state index in [1.807, 2.05) is 36.4 Å². The van der Waals surface area contributed by atoms with E-state index >= 15 is 0 Å². The van der Waals surface area contributed by atoms with Crippen LogP contribution >= 0.6 is 22.9 Å². The Hall–Kier alpha value is -2.32. The third kappa shape index (κ3) is 7.09. The van der Waals surface area contributed by atoms with E-state index in [2.05, 4.69) is 4.74 Å². The summed E-state index contributed by atoms with van der Waals surface area (Å²) in [4.78, 5) is 34.6. The van der Waals surface area contributed by atoms with Crippen molar-refractivity contribution >= 4 is 51.2 Å². The normalized spacial score (nSPS) is 21.6. The van der Waals surface area contributed by atoms with Gasteiger partial charge in [-0.05, 0) is 38.2 Å². The van der Waals surface area contributed by atoms with Gasteiger partial charge in [0.15, 0.2) is 0 Å². The van der Waals surface area contributed by atoms with Gasteiger partial charge in [-0.2, -0.15) is 0 Å². The highest BCUT2D eigenvalue weighted by Gasteiger charge is 2.39. The van der Waals surface area contributed by atoms with Crippen LogP contribution in [0.25, 0.3) is 10.1 Å². The summed E-state index contributed by atoms with van der Waals surface area (Å²) in [5.41, 5.74) is 0. The molecule has 0 amide bonds. The number of ketones is 1.